The number of rotatable bonds is 7. The molecule has 4 nitrogen and oxygen atoms in total. The Morgan fingerprint density at radius 3 is 2.50 bits per heavy atom. The smallest absolute Gasteiger partial charge is 0.211 e. The average molecular weight is 220 g/mol. The van der Waals surface area contributed by atoms with Crippen LogP contribution in [0.15, 0.2) is 0 Å². The topological polar surface area (TPSA) is 72.2 Å². The van der Waals surface area contributed by atoms with E-state index >= 15 is 0 Å². The van der Waals surface area contributed by atoms with E-state index in [1.807, 2.05) is 6.92 Å². The first-order chi connectivity index (χ1) is 6.54. The molecule has 0 aromatic rings. The van der Waals surface area contributed by atoms with Crippen LogP contribution in [0.2, 0.25) is 0 Å². The first-order valence-electron chi connectivity index (χ1n) is 5.21. The highest BCUT2D eigenvalue weighted by Gasteiger charge is 2.41. The van der Waals surface area contributed by atoms with Crippen LogP contribution in [-0.4, -0.2) is 27.3 Å². The van der Waals surface area contributed by atoms with Gasteiger partial charge in [-0.15, -0.1) is 0 Å². The molecule has 84 valence electrons. The normalized spacial score (nSPS) is 19.6. The van der Waals surface area contributed by atoms with Crippen molar-refractivity contribution >= 4 is 10.0 Å². The maximum absolute atomic E-state index is 11.4. The van der Waals surface area contributed by atoms with Crippen LogP contribution in [-0.2, 0) is 10.0 Å². The zero-order valence-electron chi connectivity index (χ0n) is 8.75. The minimum absolute atomic E-state index is 0.0826. The Morgan fingerprint density at radius 2 is 2.07 bits per heavy atom. The number of hydrogen-bond donors (Lipinski definition) is 2. The second-order valence-electron chi connectivity index (χ2n) is 4.20. The molecule has 0 amide bonds. The molecule has 0 atom stereocenters. The number of sulfonamides is 1. The maximum Gasteiger partial charge on any atom is 0.211 e. The Kier molecular flexibility index (Phi) is 3.92. The van der Waals surface area contributed by atoms with Crippen molar-refractivity contribution in [2.45, 2.75) is 32.6 Å². The van der Waals surface area contributed by atoms with E-state index in [4.69, 9.17) is 5.73 Å². The Labute approximate surface area is 86.3 Å². The monoisotopic (exact) mass is 220 g/mol. The molecule has 1 rings (SSSR count). The largest absolute Gasteiger partial charge is 0.330 e. The molecule has 0 saturated heterocycles. The molecule has 1 fully saturated rings. The van der Waals surface area contributed by atoms with Crippen LogP contribution in [0.25, 0.3) is 0 Å². The lowest BCUT2D eigenvalue weighted by Crippen LogP contribution is -2.35. The summed E-state index contributed by atoms with van der Waals surface area (Å²) in [5.41, 5.74) is 5.65. The third-order valence-corrected chi connectivity index (χ3v) is 4.23. The average Bonchev–Trinajstić information content (AvgIpc) is 2.93. The van der Waals surface area contributed by atoms with Crippen LogP contribution in [0.5, 0.6) is 0 Å². The van der Waals surface area contributed by atoms with Gasteiger partial charge >= 0.3 is 0 Å². The molecule has 0 heterocycles. The fourth-order valence-electron chi connectivity index (χ4n) is 1.30. The Hall–Kier alpha value is -0.130. The standard InChI is InChI=1S/C9H20N2O2S/c1-2-3-6-14(12,13)11-8-9(7-10)4-5-9/h11H,2-8,10H2,1H3. The van der Waals surface area contributed by atoms with Gasteiger partial charge in [0.05, 0.1) is 5.75 Å². The van der Waals surface area contributed by atoms with E-state index in [0.717, 1.165) is 25.7 Å². The number of nitrogens with one attached hydrogen (secondary N) is 1. The van der Waals surface area contributed by atoms with E-state index in [-0.39, 0.29) is 11.2 Å². The van der Waals surface area contributed by atoms with Crippen molar-refractivity contribution in [3.8, 4) is 0 Å². The Bertz CT molecular complexity index is 271. The van der Waals surface area contributed by atoms with Gasteiger partial charge in [-0.1, -0.05) is 13.3 Å². The van der Waals surface area contributed by atoms with E-state index in [2.05, 4.69) is 4.72 Å². The molecule has 0 spiro atoms. The van der Waals surface area contributed by atoms with Gasteiger partial charge in [0, 0.05) is 6.54 Å². The number of hydrogen-bond acceptors (Lipinski definition) is 3. The maximum atomic E-state index is 11.4. The minimum atomic E-state index is -3.05. The quantitative estimate of drug-likeness (QED) is 0.654. The van der Waals surface area contributed by atoms with Crippen LogP contribution in [0.4, 0.5) is 0 Å². The molecule has 5 heteroatoms. The predicted molar refractivity (Wildman–Crippen MR) is 57.4 cm³/mol. The van der Waals surface area contributed by atoms with E-state index < -0.39 is 10.0 Å². The second kappa shape index (κ2) is 4.59. The summed E-state index contributed by atoms with van der Waals surface area (Å²) in [5.74, 6) is 0.240. The van der Waals surface area contributed by atoms with Gasteiger partial charge in [0.25, 0.3) is 0 Å². The molecule has 1 aliphatic carbocycles. The molecular weight excluding hydrogens is 200 g/mol. The van der Waals surface area contributed by atoms with Gasteiger partial charge in [0.1, 0.15) is 0 Å². The summed E-state index contributed by atoms with van der Waals surface area (Å²) in [6.45, 7) is 3.09. The predicted octanol–water partition coefficient (Wildman–Crippen LogP) is 0.445. The minimum Gasteiger partial charge on any atom is -0.330 e. The third-order valence-electron chi connectivity index (χ3n) is 2.82. The van der Waals surface area contributed by atoms with Gasteiger partial charge in [-0.2, -0.15) is 0 Å². The van der Waals surface area contributed by atoms with Crippen molar-refractivity contribution in [3.05, 3.63) is 0 Å². The lowest BCUT2D eigenvalue weighted by Gasteiger charge is -2.13. The van der Waals surface area contributed by atoms with Gasteiger partial charge in [-0.3, -0.25) is 0 Å². The van der Waals surface area contributed by atoms with Crippen LogP contribution < -0.4 is 10.5 Å². The van der Waals surface area contributed by atoms with Gasteiger partial charge < -0.3 is 5.73 Å². The summed E-state index contributed by atoms with van der Waals surface area (Å²) in [4.78, 5) is 0. The van der Waals surface area contributed by atoms with E-state index in [9.17, 15) is 8.42 Å². The molecule has 0 unspecified atom stereocenters. The van der Waals surface area contributed by atoms with E-state index in [1.165, 1.54) is 0 Å². The van der Waals surface area contributed by atoms with Crippen LogP contribution in [0.1, 0.15) is 32.6 Å². The number of unbranched alkanes of at least 4 members (excludes halogenated alkanes) is 1. The van der Waals surface area contributed by atoms with Crippen molar-refractivity contribution < 1.29 is 8.42 Å². The summed E-state index contributed by atoms with van der Waals surface area (Å²) in [6, 6.07) is 0. The molecule has 0 aliphatic heterocycles. The summed E-state index contributed by atoms with van der Waals surface area (Å²) in [5, 5.41) is 0. The highest BCUT2D eigenvalue weighted by molar-refractivity contribution is 7.89. The number of nitrogens with two attached hydrogens (primary N) is 1. The van der Waals surface area contributed by atoms with E-state index in [0.29, 0.717) is 13.1 Å². The van der Waals surface area contributed by atoms with E-state index in [1.54, 1.807) is 0 Å². The van der Waals surface area contributed by atoms with Crippen molar-refractivity contribution in [1.82, 2.24) is 4.72 Å². The van der Waals surface area contributed by atoms with Crippen LogP contribution in [0, 0.1) is 5.41 Å². The van der Waals surface area contributed by atoms with Gasteiger partial charge in [0.15, 0.2) is 0 Å². The SMILES string of the molecule is CCCCS(=O)(=O)NCC1(CN)CC1. The second-order valence-corrected chi connectivity index (χ2v) is 6.12. The summed E-state index contributed by atoms with van der Waals surface area (Å²) < 4.78 is 25.5. The van der Waals surface area contributed by atoms with Crippen molar-refractivity contribution in [2.75, 3.05) is 18.8 Å². The summed E-state index contributed by atoms with van der Waals surface area (Å²) >= 11 is 0. The molecule has 0 radical (unpaired) electrons. The summed E-state index contributed by atoms with van der Waals surface area (Å²) in [6.07, 6.45) is 3.74. The molecule has 3 N–H and O–H groups in total. The highest BCUT2D eigenvalue weighted by Crippen LogP contribution is 2.43. The lowest BCUT2D eigenvalue weighted by molar-refractivity contribution is 0.500. The van der Waals surface area contributed by atoms with Crippen molar-refractivity contribution in [1.29, 1.82) is 0 Å². The fourth-order valence-corrected chi connectivity index (χ4v) is 2.64. The van der Waals surface area contributed by atoms with Gasteiger partial charge in [0.2, 0.25) is 10.0 Å². The molecule has 1 aliphatic rings. The third kappa shape index (κ3) is 3.55. The zero-order chi connectivity index (χ0) is 10.7. The first kappa shape index (κ1) is 11.9. The molecule has 1 saturated carbocycles. The molecule has 0 bridgehead atoms. The van der Waals surface area contributed by atoms with Crippen molar-refractivity contribution in [3.63, 3.8) is 0 Å². The molecule has 0 aromatic carbocycles. The first-order valence-corrected chi connectivity index (χ1v) is 6.86. The highest BCUT2D eigenvalue weighted by atomic mass is 32.2. The molecule has 14 heavy (non-hydrogen) atoms. The fraction of sp³-hybridized carbons (Fsp3) is 1.00. The molecular formula is C9H20N2O2S. The van der Waals surface area contributed by atoms with Crippen LogP contribution >= 0.6 is 0 Å². The molecule has 0 aromatic heterocycles. The van der Waals surface area contributed by atoms with Gasteiger partial charge in [-0.05, 0) is 31.2 Å². The van der Waals surface area contributed by atoms with Crippen molar-refractivity contribution in [2.24, 2.45) is 11.1 Å². The summed E-state index contributed by atoms with van der Waals surface area (Å²) in [7, 11) is -3.05. The Balaban J connectivity index is 2.29. The Morgan fingerprint density at radius 1 is 1.43 bits per heavy atom. The van der Waals surface area contributed by atoms with Crippen LogP contribution in [0.3, 0.4) is 0 Å². The lowest BCUT2D eigenvalue weighted by atomic mass is 10.1. The van der Waals surface area contributed by atoms with Gasteiger partial charge in [-0.25, -0.2) is 13.1 Å². The zero-order valence-corrected chi connectivity index (χ0v) is 9.57.